The Labute approximate surface area is 308 Å². The number of rotatable bonds is 6. The van der Waals surface area contributed by atoms with Crippen LogP contribution in [0.25, 0.3) is 32.9 Å². The molecule has 2 aromatic heterocycles. The molecule has 2 saturated carbocycles. The van der Waals surface area contributed by atoms with Crippen LogP contribution >= 0.6 is 0 Å². The highest BCUT2D eigenvalue weighted by Gasteiger charge is 2.57. The maximum atomic E-state index is 17.0. The first-order valence-electron chi connectivity index (χ1n) is 19.1. The van der Waals surface area contributed by atoms with Crippen molar-refractivity contribution >= 4 is 27.5 Å². The lowest BCUT2D eigenvalue weighted by molar-refractivity contribution is -0.242. The summed E-state index contributed by atoms with van der Waals surface area (Å²) in [6.07, 6.45) is 15.2. The highest BCUT2D eigenvalue weighted by molar-refractivity contribution is 6.03. The molecule has 53 heavy (non-hydrogen) atoms. The number of hydrogen-bond donors (Lipinski definition) is 1. The number of ether oxygens (including phenoxy) is 4. The molecular formula is C41H47F2N5O5. The van der Waals surface area contributed by atoms with Crippen LogP contribution in [-0.4, -0.2) is 95.5 Å². The van der Waals surface area contributed by atoms with Crippen LogP contribution in [0.4, 0.5) is 14.6 Å². The van der Waals surface area contributed by atoms with Crippen molar-refractivity contribution in [1.82, 2.24) is 19.9 Å². The fourth-order valence-corrected chi connectivity index (χ4v) is 9.44. The molecule has 3 aliphatic heterocycles. The number of phenols is 1. The second-order valence-electron chi connectivity index (χ2n) is 14.7. The molecule has 280 valence electrons. The maximum absolute atomic E-state index is 17.0. The minimum atomic E-state index is -0.734. The van der Waals surface area contributed by atoms with Crippen molar-refractivity contribution in [2.75, 3.05) is 57.6 Å². The van der Waals surface area contributed by atoms with E-state index in [0.717, 1.165) is 57.9 Å². The minimum Gasteiger partial charge on any atom is -0.508 e. The summed E-state index contributed by atoms with van der Waals surface area (Å²) < 4.78 is 56.1. The number of halogens is 2. The lowest BCUT2D eigenvalue weighted by Crippen LogP contribution is -2.63. The average molecular weight is 728 g/mol. The first-order valence-corrected chi connectivity index (χ1v) is 19.1. The van der Waals surface area contributed by atoms with Gasteiger partial charge in [-0.3, -0.25) is 9.88 Å². The number of pyridine rings is 1. The molecule has 0 amide bonds. The zero-order valence-electron chi connectivity index (χ0n) is 30.5. The Hall–Kier alpha value is -4.15. The second kappa shape index (κ2) is 14.6. The van der Waals surface area contributed by atoms with E-state index >= 15 is 4.39 Å². The van der Waals surface area contributed by atoms with E-state index in [-0.39, 0.29) is 44.9 Å². The Morgan fingerprint density at radius 2 is 1.81 bits per heavy atom. The van der Waals surface area contributed by atoms with Gasteiger partial charge in [-0.25, -0.2) is 8.78 Å². The molecule has 1 spiro atoms. The number of phenolic OH excluding ortho intramolecular Hbond substituents is 1. The quantitative estimate of drug-likeness (QED) is 0.209. The Bertz CT molecular complexity index is 2040. The molecule has 4 aromatic rings. The summed E-state index contributed by atoms with van der Waals surface area (Å²) in [5, 5.41) is 11.8. The minimum absolute atomic E-state index is 0.0300. The fraction of sp³-hybridized carbons (Fsp3) is 0.537. The third-order valence-corrected chi connectivity index (χ3v) is 11.8. The lowest BCUT2D eigenvalue weighted by atomic mass is 9.72. The van der Waals surface area contributed by atoms with E-state index in [1.165, 1.54) is 30.5 Å². The predicted molar refractivity (Wildman–Crippen MR) is 198 cm³/mol. The molecule has 1 N–H and O–H groups in total. The summed E-state index contributed by atoms with van der Waals surface area (Å²) in [7, 11) is 0. The Balaban J connectivity index is 0.00000197. The van der Waals surface area contributed by atoms with E-state index in [9.17, 15) is 9.50 Å². The number of likely N-dealkylation sites (tertiary alicyclic amines) is 1. The van der Waals surface area contributed by atoms with Gasteiger partial charge in [0.15, 0.2) is 11.6 Å². The van der Waals surface area contributed by atoms with Crippen LogP contribution in [0.15, 0.2) is 30.5 Å². The smallest absolute Gasteiger partial charge is 0.319 e. The number of benzene rings is 2. The number of piperidine rings is 1. The van der Waals surface area contributed by atoms with Crippen LogP contribution in [0, 0.1) is 29.4 Å². The summed E-state index contributed by atoms with van der Waals surface area (Å²) in [5.41, 5.74) is -0.00349. The van der Waals surface area contributed by atoms with Crippen molar-refractivity contribution < 1.29 is 32.8 Å². The second-order valence-corrected chi connectivity index (χ2v) is 14.7. The zero-order valence-corrected chi connectivity index (χ0v) is 30.5. The fourth-order valence-electron chi connectivity index (χ4n) is 9.44. The standard InChI is InChI=1S/C39H41F2N5O5.C2H6/c1-2-27-30(40)8-7-24-18-26(47)19-28(32(24)27)34-33(41)35-29(22-42-34)36(45-11-5-14-48-15-13-45)44-37(43-35)49-23-38-9-3-6-31(38)46(12-4-10-38)25-20-39(21-25)50-16-17-51-39;1-2/h1,7-8,18-19,22,25,31,47H,3-6,9-17,20-21,23H2;1-2H3. The summed E-state index contributed by atoms with van der Waals surface area (Å²) >= 11 is 0. The maximum Gasteiger partial charge on any atom is 0.319 e. The van der Waals surface area contributed by atoms with E-state index in [1.54, 1.807) is 0 Å². The summed E-state index contributed by atoms with van der Waals surface area (Å²) in [6, 6.07) is 6.46. The molecule has 12 heteroatoms. The summed E-state index contributed by atoms with van der Waals surface area (Å²) in [6.45, 7) is 9.16. The normalized spacial score (nSPS) is 24.4. The van der Waals surface area contributed by atoms with Gasteiger partial charge >= 0.3 is 6.01 Å². The summed E-state index contributed by atoms with van der Waals surface area (Å²) in [4.78, 5) is 18.9. The van der Waals surface area contributed by atoms with Crippen molar-refractivity contribution in [2.45, 2.75) is 83.1 Å². The highest BCUT2D eigenvalue weighted by atomic mass is 19.1. The molecular weight excluding hydrogens is 680 g/mol. The van der Waals surface area contributed by atoms with Crippen LogP contribution in [0.2, 0.25) is 0 Å². The van der Waals surface area contributed by atoms with Crippen LogP contribution in [0.1, 0.15) is 70.8 Å². The Morgan fingerprint density at radius 1 is 1.00 bits per heavy atom. The largest absolute Gasteiger partial charge is 0.508 e. The first kappa shape index (κ1) is 35.9. The van der Waals surface area contributed by atoms with Gasteiger partial charge < -0.3 is 29.0 Å². The molecule has 10 nitrogen and oxygen atoms in total. The molecule has 5 aliphatic rings. The number of terminal acetylenes is 1. The SMILES string of the molecule is C#Cc1c(F)ccc2cc(O)cc(-c3ncc4c(N5CCCOCC5)nc(OCC56CCCC5N(C5CC7(C5)OCCO7)CCC6)nc4c3F)c12.CC. The number of nitrogens with zero attached hydrogens (tertiary/aromatic N) is 5. The number of anilines is 1. The van der Waals surface area contributed by atoms with Gasteiger partial charge in [0.2, 0.25) is 0 Å². The van der Waals surface area contributed by atoms with Crippen LogP contribution in [0.5, 0.6) is 11.8 Å². The number of aromatic nitrogens is 3. The van der Waals surface area contributed by atoms with E-state index in [1.807, 2.05) is 13.8 Å². The van der Waals surface area contributed by atoms with Crippen molar-refractivity contribution in [3.8, 4) is 35.4 Å². The van der Waals surface area contributed by atoms with E-state index in [0.29, 0.717) is 74.8 Å². The van der Waals surface area contributed by atoms with E-state index < -0.39 is 17.4 Å². The number of aromatic hydroxyl groups is 1. The van der Waals surface area contributed by atoms with E-state index in [4.69, 9.17) is 35.3 Å². The molecule has 5 heterocycles. The number of fused-ring (bicyclic) bond motifs is 3. The highest BCUT2D eigenvalue weighted by Crippen LogP contribution is 2.52. The van der Waals surface area contributed by atoms with Crippen LogP contribution < -0.4 is 9.64 Å². The van der Waals surface area contributed by atoms with Gasteiger partial charge in [0.25, 0.3) is 0 Å². The molecule has 9 rings (SSSR count). The molecule has 2 aliphatic carbocycles. The molecule has 5 fully saturated rings. The van der Waals surface area contributed by atoms with Crippen LogP contribution in [-0.2, 0) is 14.2 Å². The van der Waals surface area contributed by atoms with Gasteiger partial charge in [0, 0.05) is 67.2 Å². The van der Waals surface area contributed by atoms with Gasteiger partial charge in [0.05, 0.1) is 37.4 Å². The van der Waals surface area contributed by atoms with Gasteiger partial charge in [-0.2, -0.15) is 9.97 Å². The van der Waals surface area contributed by atoms with Gasteiger partial charge in [0.1, 0.15) is 28.6 Å². The van der Waals surface area contributed by atoms with Crippen molar-refractivity contribution in [2.24, 2.45) is 5.41 Å². The lowest BCUT2D eigenvalue weighted by Gasteiger charge is -2.55. The monoisotopic (exact) mass is 727 g/mol. The first-order chi connectivity index (χ1) is 25.9. The van der Waals surface area contributed by atoms with Crippen molar-refractivity contribution in [3.05, 3.63) is 47.7 Å². The Kier molecular flexibility index (Phi) is 9.87. The van der Waals surface area contributed by atoms with Gasteiger partial charge in [-0.15, -0.1) is 6.42 Å². The number of hydrogen-bond acceptors (Lipinski definition) is 10. The molecule has 0 bridgehead atoms. The van der Waals surface area contributed by atoms with Crippen molar-refractivity contribution in [3.63, 3.8) is 0 Å². The Morgan fingerprint density at radius 3 is 2.62 bits per heavy atom. The summed E-state index contributed by atoms with van der Waals surface area (Å²) in [5.74, 6) is 1.05. The topological polar surface area (TPSA) is 102 Å². The van der Waals surface area contributed by atoms with Crippen LogP contribution in [0.3, 0.4) is 0 Å². The third kappa shape index (κ3) is 6.35. The molecule has 2 aromatic carbocycles. The van der Waals surface area contributed by atoms with E-state index in [2.05, 4.69) is 20.7 Å². The molecule has 3 saturated heterocycles. The average Bonchev–Trinajstić information content (AvgIpc) is 3.75. The zero-order chi connectivity index (χ0) is 36.7. The van der Waals surface area contributed by atoms with Gasteiger partial charge in [-0.05, 0) is 62.2 Å². The third-order valence-electron chi connectivity index (χ3n) is 11.8. The molecule has 0 radical (unpaired) electrons. The molecule has 2 atom stereocenters. The van der Waals surface area contributed by atoms with Gasteiger partial charge in [-0.1, -0.05) is 32.3 Å². The van der Waals surface area contributed by atoms with Crippen molar-refractivity contribution in [1.29, 1.82) is 0 Å². The predicted octanol–water partition coefficient (Wildman–Crippen LogP) is 6.98. The molecule has 2 unspecified atom stereocenters.